The predicted molar refractivity (Wildman–Crippen MR) is 79.9 cm³/mol. The average Bonchev–Trinajstić information content (AvgIpc) is 2.46. The number of rotatable bonds is 5. The molecule has 0 aromatic heterocycles. The third-order valence-electron chi connectivity index (χ3n) is 2.81. The summed E-state index contributed by atoms with van der Waals surface area (Å²) in [5.74, 6) is -2.68. The Morgan fingerprint density at radius 1 is 1.05 bits per heavy atom. The molecule has 0 unspecified atom stereocenters. The molecule has 2 rings (SSSR count). The molecule has 1 nitrogen and oxygen atoms in total. The zero-order chi connectivity index (χ0) is 14.6. The van der Waals surface area contributed by atoms with Crippen LogP contribution in [0.2, 0.25) is 5.02 Å². The highest BCUT2D eigenvalue weighted by atomic mass is 79.9. The summed E-state index contributed by atoms with van der Waals surface area (Å²) in [5.41, 5.74) is 0.598. The van der Waals surface area contributed by atoms with Crippen LogP contribution >= 0.6 is 27.5 Å². The summed E-state index contributed by atoms with van der Waals surface area (Å²) in [6, 6.07) is 12.6. The SMILES string of the molecule is FC(F)(COc1cccc(Cl)c1CBr)c1ccccc1. The Balaban J connectivity index is 2.15. The second kappa shape index (κ2) is 6.55. The number of ether oxygens (including phenoxy) is 1. The summed E-state index contributed by atoms with van der Waals surface area (Å²) in [7, 11) is 0. The fourth-order valence-corrected chi connectivity index (χ4v) is 2.71. The van der Waals surface area contributed by atoms with Gasteiger partial charge in [-0.15, -0.1) is 0 Å². The zero-order valence-electron chi connectivity index (χ0n) is 10.5. The summed E-state index contributed by atoms with van der Waals surface area (Å²) >= 11 is 9.27. The van der Waals surface area contributed by atoms with Gasteiger partial charge in [-0.1, -0.05) is 63.9 Å². The van der Waals surface area contributed by atoms with E-state index in [9.17, 15) is 8.78 Å². The van der Waals surface area contributed by atoms with Crippen molar-refractivity contribution in [2.24, 2.45) is 0 Å². The van der Waals surface area contributed by atoms with Gasteiger partial charge < -0.3 is 4.74 Å². The van der Waals surface area contributed by atoms with Gasteiger partial charge in [-0.3, -0.25) is 0 Å². The molecule has 0 aliphatic heterocycles. The monoisotopic (exact) mass is 360 g/mol. The molecule has 2 aromatic carbocycles. The van der Waals surface area contributed by atoms with Crippen molar-refractivity contribution in [1.82, 2.24) is 0 Å². The summed E-state index contributed by atoms with van der Waals surface area (Å²) in [5, 5.41) is 0.932. The molecule has 0 saturated carbocycles. The van der Waals surface area contributed by atoms with Gasteiger partial charge in [0.05, 0.1) is 0 Å². The fraction of sp³-hybridized carbons (Fsp3) is 0.200. The molecule has 0 bridgehead atoms. The van der Waals surface area contributed by atoms with Crippen LogP contribution in [0.1, 0.15) is 11.1 Å². The molecule has 0 atom stereocenters. The van der Waals surface area contributed by atoms with E-state index in [0.29, 0.717) is 21.7 Å². The lowest BCUT2D eigenvalue weighted by atomic mass is 10.1. The number of hydrogen-bond donors (Lipinski definition) is 0. The third-order valence-corrected chi connectivity index (χ3v) is 3.73. The Bertz CT molecular complexity index is 575. The highest BCUT2D eigenvalue weighted by Crippen LogP contribution is 2.32. The molecular weight excluding hydrogens is 350 g/mol. The maximum absolute atomic E-state index is 14.0. The molecule has 0 heterocycles. The van der Waals surface area contributed by atoms with Crippen molar-refractivity contribution in [3.63, 3.8) is 0 Å². The van der Waals surface area contributed by atoms with E-state index >= 15 is 0 Å². The normalized spacial score (nSPS) is 11.4. The topological polar surface area (TPSA) is 9.23 Å². The summed E-state index contributed by atoms with van der Waals surface area (Å²) in [6.45, 7) is -0.725. The first-order valence-electron chi connectivity index (χ1n) is 5.94. The van der Waals surface area contributed by atoms with Crippen LogP contribution in [0, 0.1) is 0 Å². The highest BCUT2D eigenvalue weighted by molar-refractivity contribution is 9.08. The first-order chi connectivity index (χ1) is 9.54. The van der Waals surface area contributed by atoms with E-state index in [1.807, 2.05) is 0 Å². The Labute approximate surface area is 129 Å². The second-order valence-electron chi connectivity index (χ2n) is 4.21. The Kier molecular flexibility index (Phi) is 5.00. The molecule has 5 heteroatoms. The van der Waals surface area contributed by atoms with Crippen LogP contribution in [-0.4, -0.2) is 6.61 Å². The molecule has 106 valence electrons. The Hall–Kier alpha value is -1.13. The lowest BCUT2D eigenvalue weighted by molar-refractivity contribution is -0.0468. The van der Waals surface area contributed by atoms with E-state index in [4.69, 9.17) is 16.3 Å². The quantitative estimate of drug-likeness (QED) is 0.647. The van der Waals surface area contributed by atoms with Crippen LogP contribution < -0.4 is 4.74 Å². The van der Waals surface area contributed by atoms with Crippen LogP contribution in [0.5, 0.6) is 5.75 Å². The highest BCUT2D eigenvalue weighted by Gasteiger charge is 2.32. The largest absolute Gasteiger partial charge is 0.487 e. The summed E-state index contributed by atoms with van der Waals surface area (Å²) in [4.78, 5) is 0. The summed E-state index contributed by atoms with van der Waals surface area (Å²) < 4.78 is 33.3. The Morgan fingerprint density at radius 2 is 1.75 bits per heavy atom. The van der Waals surface area contributed by atoms with Gasteiger partial charge >= 0.3 is 5.92 Å². The van der Waals surface area contributed by atoms with Crippen molar-refractivity contribution >= 4 is 27.5 Å². The van der Waals surface area contributed by atoms with Crippen molar-refractivity contribution in [2.45, 2.75) is 11.3 Å². The second-order valence-corrected chi connectivity index (χ2v) is 5.18. The third kappa shape index (κ3) is 3.49. The molecule has 2 aromatic rings. The van der Waals surface area contributed by atoms with Crippen LogP contribution in [0.25, 0.3) is 0 Å². The van der Waals surface area contributed by atoms with Gasteiger partial charge in [0, 0.05) is 21.5 Å². The molecule has 0 radical (unpaired) electrons. The van der Waals surface area contributed by atoms with E-state index in [2.05, 4.69) is 15.9 Å². The van der Waals surface area contributed by atoms with Crippen LogP contribution in [0.4, 0.5) is 8.78 Å². The van der Waals surface area contributed by atoms with Crippen LogP contribution in [-0.2, 0) is 11.3 Å². The molecule has 0 amide bonds. The molecular formula is C15H12BrClF2O. The Morgan fingerprint density at radius 3 is 2.40 bits per heavy atom. The van der Waals surface area contributed by atoms with Crippen molar-refractivity contribution in [3.8, 4) is 5.75 Å². The van der Waals surface area contributed by atoms with Crippen molar-refractivity contribution < 1.29 is 13.5 Å². The van der Waals surface area contributed by atoms with Gasteiger partial charge in [0.15, 0.2) is 6.61 Å². The minimum absolute atomic E-state index is 0.0672. The lowest BCUT2D eigenvalue weighted by Gasteiger charge is -2.19. The number of alkyl halides is 3. The van der Waals surface area contributed by atoms with Crippen molar-refractivity contribution in [3.05, 3.63) is 64.7 Å². The molecule has 0 saturated heterocycles. The van der Waals surface area contributed by atoms with Gasteiger partial charge in [0.2, 0.25) is 0 Å². The van der Waals surface area contributed by atoms with Gasteiger partial charge in [0.25, 0.3) is 0 Å². The number of hydrogen-bond acceptors (Lipinski definition) is 1. The standard InChI is InChI=1S/C15H12BrClF2O/c16-9-12-13(17)7-4-8-14(12)20-10-15(18,19)11-5-2-1-3-6-11/h1-8H,9-10H2. The van der Waals surface area contributed by atoms with E-state index in [1.165, 1.54) is 12.1 Å². The molecule has 0 spiro atoms. The molecule has 0 aliphatic rings. The van der Waals surface area contributed by atoms with Crippen LogP contribution in [0.3, 0.4) is 0 Å². The first-order valence-corrected chi connectivity index (χ1v) is 7.44. The zero-order valence-corrected chi connectivity index (χ0v) is 12.8. The van der Waals surface area contributed by atoms with Crippen molar-refractivity contribution in [2.75, 3.05) is 6.61 Å². The summed E-state index contributed by atoms with van der Waals surface area (Å²) in [6.07, 6.45) is 0. The van der Waals surface area contributed by atoms with E-state index < -0.39 is 12.5 Å². The minimum Gasteiger partial charge on any atom is -0.487 e. The lowest BCUT2D eigenvalue weighted by Crippen LogP contribution is -2.23. The maximum atomic E-state index is 14.0. The predicted octanol–water partition coefficient (Wildman–Crippen LogP) is 5.41. The molecule has 0 fully saturated rings. The molecule has 0 aliphatic carbocycles. The van der Waals surface area contributed by atoms with E-state index in [-0.39, 0.29) is 5.56 Å². The first kappa shape index (κ1) is 15.3. The minimum atomic E-state index is -3.05. The van der Waals surface area contributed by atoms with E-state index in [0.717, 1.165) is 0 Å². The fourth-order valence-electron chi connectivity index (χ4n) is 1.74. The van der Waals surface area contributed by atoms with Gasteiger partial charge in [-0.25, -0.2) is 0 Å². The maximum Gasteiger partial charge on any atom is 0.306 e. The van der Waals surface area contributed by atoms with Gasteiger partial charge in [0.1, 0.15) is 5.75 Å². The van der Waals surface area contributed by atoms with Gasteiger partial charge in [-0.05, 0) is 12.1 Å². The average molecular weight is 362 g/mol. The van der Waals surface area contributed by atoms with E-state index in [1.54, 1.807) is 36.4 Å². The molecule has 0 N–H and O–H groups in total. The smallest absolute Gasteiger partial charge is 0.306 e. The molecule has 20 heavy (non-hydrogen) atoms. The van der Waals surface area contributed by atoms with Crippen molar-refractivity contribution in [1.29, 1.82) is 0 Å². The number of benzene rings is 2. The number of halogens is 4. The van der Waals surface area contributed by atoms with Crippen LogP contribution in [0.15, 0.2) is 48.5 Å². The van der Waals surface area contributed by atoms with Gasteiger partial charge in [-0.2, -0.15) is 8.78 Å².